The van der Waals surface area contributed by atoms with Gasteiger partial charge in [-0.3, -0.25) is 0 Å². The smallest absolute Gasteiger partial charge is 0.192 e. The van der Waals surface area contributed by atoms with Crippen molar-refractivity contribution in [1.29, 1.82) is 0 Å². The average molecular weight is 555 g/mol. The van der Waals surface area contributed by atoms with Gasteiger partial charge in [0, 0.05) is 25.1 Å². The molecule has 1 aromatic heterocycles. The van der Waals surface area contributed by atoms with Crippen LogP contribution in [0.1, 0.15) is 70.2 Å². The van der Waals surface area contributed by atoms with E-state index >= 15 is 0 Å². The van der Waals surface area contributed by atoms with Crippen molar-refractivity contribution in [2.24, 2.45) is 17.5 Å². The van der Waals surface area contributed by atoms with E-state index in [1.54, 1.807) is 0 Å². The molecule has 2 N–H and O–H groups in total. The van der Waals surface area contributed by atoms with E-state index in [4.69, 9.17) is 9.73 Å². The minimum atomic E-state index is 0. The van der Waals surface area contributed by atoms with Crippen molar-refractivity contribution in [2.75, 3.05) is 6.61 Å². The number of ether oxygens (including phenoxy) is 1. The summed E-state index contributed by atoms with van der Waals surface area (Å²) in [4.78, 5) is 4.85. The Morgan fingerprint density at radius 3 is 2.59 bits per heavy atom. The highest BCUT2D eigenvalue weighted by Crippen LogP contribution is 2.42. The number of hydrogen-bond acceptors (Lipinski definition) is 4. The van der Waals surface area contributed by atoms with Crippen LogP contribution in [0.3, 0.4) is 0 Å². The molecule has 1 aliphatic carbocycles. The minimum absolute atomic E-state index is 0. The first-order valence-corrected chi connectivity index (χ1v) is 11.4. The third kappa shape index (κ3) is 6.43. The fourth-order valence-corrected chi connectivity index (χ4v) is 3.85. The predicted octanol–water partition coefficient (Wildman–Crippen LogP) is 4.52. The Hall–Kier alpha value is -1.68. The fourth-order valence-electron chi connectivity index (χ4n) is 3.85. The van der Waals surface area contributed by atoms with E-state index in [9.17, 15) is 0 Å². The molecule has 3 atom stereocenters. The van der Waals surface area contributed by atoms with E-state index in [-0.39, 0.29) is 41.5 Å². The Labute approximate surface area is 209 Å². The van der Waals surface area contributed by atoms with Gasteiger partial charge in [0.1, 0.15) is 12.4 Å². The standard InChI is InChI=1S/C24H38N6O.HI/c1-7-8-14-31-21-15-20(24(21,4)5)27-23(25-16-22-29-28-18(3)30(22)6)26-17(2)19-12-10-9-11-13-19;/h9-13,17,20-21H,7-8,14-16H2,1-6H3,(H2,25,26,27);1H. The lowest BCUT2D eigenvalue weighted by Gasteiger charge is -2.52. The lowest BCUT2D eigenvalue weighted by molar-refractivity contribution is -0.113. The first kappa shape index (κ1) is 26.6. The van der Waals surface area contributed by atoms with E-state index in [2.05, 4.69) is 72.8 Å². The second kappa shape index (κ2) is 12.0. The zero-order chi connectivity index (χ0) is 22.4. The molecular weight excluding hydrogens is 515 g/mol. The highest BCUT2D eigenvalue weighted by molar-refractivity contribution is 14.0. The second-order valence-electron chi connectivity index (χ2n) is 9.13. The topological polar surface area (TPSA) is 76.4 Å². The van der Waals surface area contributed by atoms with Gasteiger partial charge in [-0.25, -0.2) is 4.99 Å². The van der Waals surface area contributed by atoms with Crippen LogP contribution in [-0.4, -0.2) is 39.5 Å². The van der Waals surface area contributed by atoms with Gasteiger partial charge in [-0.15, -0.1) is 34.2 Å². The van der Waals surface area contributed by atoms with Gasteiger partial charge in [0.05, 0.1) is 12.1 Å². The summed E-state index contributed by atoms with van der Waals surface area (Å²) >= 11 is 0. The number of nitrogens with one attached hydrogen (secondary N) is 2. The first-order valence-electron chi connectivity index (χ1n) is 11.4. The zero-order valence-corrected chi connectivity index (χ0v) is 22.6. The summed E-state index contributed by atoms with van der Waals surface area (Å²) in [6.45, 7) is 12.2. The maximum atomic E-state index is 6.12. The van der Waals surface area contributed by atoms with Crippen LogP contribution < -0.4 is 10.6 Å². The Kier molecular flexibility index (Phi) is 9.94. The van der Waals surface area contributed by atoms with Crippen LogP contribution in [0.5, 0.6) is 0 Å². The van der Waals surface area contributed by atoms with E-state index < -0.39 is 0 Å². The number of nitrogens with zero attached hydrogens (tertiary/aromatic N) is 4. The molecule has 32 heavy (non-hydrogen) atoms. The summed E-state index contributed by atoms with van der Waals surface area (Å²) in [6, 6.07) is 10.9. The highest BCUT2D eigenvalue weighted by atomic mass is 127. The van der Waals surface area contributed by atoms with Crippen molar-refractivity contribution in [2.45, 2.75) is 78.6 Å². The van der Waals surface area contributed by atoms with Gasteiger partial charge in [0.2, 0.25) is 0 Å². The van der Waals surface area contributed by atoms with E-state index in [1.165, 1.54) is 5.56 Å². The Morgan fingerprint density at radius 1 is 1.28 bits per heavy atom. The van der Waals surface area contributed by atoms with Gasteiger partial charge < -0.3 is 19.9 Å². The molecule has 1 fully saturated rings. The number of unbranched alkanes of at least 4 members (excludes halogenated alkanes) is 1. The molecule has 0 saturated heterocycles. The molecule has 2 aromatic rings. The van der Waals surface area contributed by atoms with Crippen LogP contribution in [-0.2, 0) is 18.3 Å². The van der Waals surface area contributed by atoms with E-state index in [0.29, 0.717) is 12.6 Å². The lowest BCUT2D eigenvalue weighted by Crippen LogP contribution is -2.63. The van der Waals surface area contributed by atoms with E-state index in [1.807, 2.05) is 24.6 Å². The average Bonchev–Trinajstić information content (AvgIpc) is 3.08. The maximum Gasteiger partial charge on any atom is 0.192 e. The zero-order valence-electron chi connectivity index (χ0n) is 20.3. The number of guanidine groups is 1. The van der Waals surface area contributed by atoms with Crippen molar-refractivity contribution >= 4 is 29.9 Å². The number of rotatable bonds is 9. The van der Waals surface area contributed by atoms with Crippen molar-refractivity contribution in [3.05, 3.63) is 47.5 Å². The number of hydrogen-bond donors (Lipinski definition) is 2. The van der Waals surface area contributed by atoms with Crippen molar-refractivity contribution in [1.82, 2.24) is 25.4 Å². The third-order valence-corrected chi connectivity index (χ3v) is 6.52. The molecule has 0 aliphatic heterocycles. The molecule has 178 valence electrons. The minimum Gasteiger partial charge on any atom is -0.378 e. The van der Waals surface area contributed by atoms with Crippen LogP contribution >= 0.6 is 24.0 Å². The summed E-state index contributed by atoms with van der Waals surface area (Å²) in [7, 11) is 1.97. The SMILES string of the molecule is CCCCOC1CC(NC(=NCc2nnc(C)n2C)NC(C)c2ccccc2)C1(C)C.I. The van der Waals surface area contributed by atoms with Crippen molar-refractivity contribution < 1.29 is 4.74 Å². The molecule has 1 aromatic carbocycles. The number of aromatic nitrogens is 3. The normalized spacial score (nSPS) is 20.8. The van der Waals surface area contributed by atoms with Gasteiger partial charge in [0.25, 0.3) is 0 Å². The monoisotopic (exact) mass is 554 g/mol. The molecule has 1 saturated carbocycles. The highest BCUT2D eigenvalue weighted by Gasteiger charge is 2.49. The molecule has 0 amide bonds. The van der Waals surface area contributed by atoms with Crippen LogP contribution in [0.15, 0.2) is 35.3 Å². The quantitative estimate of drug-likeness (QED) is 0.206. The van der Waals surface area contributed by atoms with Gasteiger partial charge in [-0.1, -0.05) is 57.5 Å². The molecule has 8 heteroatoms. The van der Waals surface area contributed by atoms with Crippen molar-refractivity contribution in [3.63, 3.8) is 0 Å². The molecule has 1 aliphatic rings. The molecule has 3 unspecified atom stereocenters. The van der Waals surface area contributed by atoms with Gasteiger partial charge in [0.15, 0.2) is 11.8 Å². The molecule has 0 bridgehead atoms. The number of aryl methyl sites for hydroxylation is 1. The molecular formula is C24H39IN6O. The predicted molar refractivity (Wildman–Crippen MR) is 140 cm³/mol. The first-order chi connectivity index (χ1) is 14.8. The van der Waals surface area contributed by atoms with Crippen LogP contribution in [0, 0.1) is 12.3 Å². The van der Waals surface area contributed by atoms with Gasteiger partial charge in [-0.05, 0) is 32.3 Å². The number of halogens is 1. The maximum absolute atomic E-state index is 6.12. The molecule has 1 heterocycles. The van der Waals surface area contributed by atoms with Crippen LogP contribution in [0.4, 0.5) is 0 Å². The molecule has 0 radical (unpaired) electrons. The summed E-state index contributed by atoms with van der Waals surface area (Å²) in [5.41, 5.74) is 1.27. The summed E-state index contributed by atoms with van der Waals surface area (Å²) < 4.78 is 8.10. The van der Waals surface area contributed by atoms with Crippen molar-refractivity contribution in [3.8, 4) is 0 Å². The van der Waals surface area contributed by atoms with Crippen LogP contribution in [0.25, 0.3) is 0 Å². The molecule has 7 nitrogen and oxygen atoms in total. The Morgan fingerprint density at radius 2 is 2.00 bits per heavy atom. The Bertz CT molecular complexity index is 867. The number of aliphatic imine (C=N–C) groups is 1. The van der Waals surface area contributed by atoms with Crippen LogP contribution in [0.2, 0.25) is 0 Å². The van der Waals surface area contributed by atoms with Gasteiger partial charge in [-0.2, -0.15) is 0 Å². The Balaban J connectivity index is 0.00000363. The molecule has 3 rings (SSSR count). The fraction of sp³-hybridized carbons (Fsp3) is 0.625. The largest absolute Gasteiger partial charge is 0.378 e. The summed E-state index contributed by atoms with van der Waals surface area (Å²) in [5.74, 6) is 2.53. The number of benzene rings is 1. The summed E-state index contributed by atoms with van der Waals surface area (Å²) in [6.07, 6.45) is 3.55. The van der Waals surface area contributed by atoms with E-state index in [0.717, 1.165) is 43.5 Å². The second-order valence-corrected chi connectivity index (χ2v) is 9.13. The summed E-state index contributed by atoms with van der Waals surface area (Å²) in [5, 5.41) is 15.6. The molecule has 0 spiro atoms. The lowest BCUT2D eigenvalue weighted by atomic mass is 9.64. The van der Waals surface area contributed by atoms with Gasteiger partial charge >= 0.3 is 0 Å². The third-order valence-electron chi connectivity index (χ3n) is 6.52.